The van der Waals surface area contributed by atoms with E-state index >= 15 is 0 Å². The first-order valence-corrected chi connectivity index (χ1v) is 7.54. The molecule has 2 heterocycles. The zero-order valence-corrected chi connectivity index (χ0v) is 13.7. The van der Waals surface area contributed by atoms with Crippen LogP contribution in [-0.4, -0.2) is 34.4 Å². The first-order valence-electron chi connectivity index (χ1n) is 7.54. The van der Waals surface area contributed by atoms with E-state index < -0.39 is 11.9 Å². The number of ether oxygens (including phenoxy) is 2. The van der Waals surface area contributed by atoms with Gasteiger partial charge < -0.3 is 20.5 Å². The van der Waals surface area contributed by atoms with Gasteiger partial charge in [-0.1, -0.05) is 6.07 Å². The van der Waals surface area contributed by atoms with Crippen molar-refractivity contribution in [2.75, 3.05) is 19.0 Å². The van der Waals surface area contributed by atoms with Gasteiger partial charge in [0.1, 0.15) is 12.4 Å². The van der Waals surface area contributed by atoms with Gasteiger partial charge in [0.15, 0.2) is 11.5 Å². The van der Waals surface area contributed by atoms with E-state index in [0.717, 1.165) is 5.56 Å². The molecule has 3 N–H and O–H groups in total. The molecule has 8 heteroatoms. The first-order chi connectivity index (χ1) is 11.6. The maximum atomic E-state index is 12.0. The molecule has 3 rings (SSSR count). The summed E-state index contributed by atoms with van der Waals surface area (Å²) in [6.07, 6.45) is 1.43. The molecule has 1 aromatic heterocycles. The van der Waals surface area contributed by atoms with E-state index in [9.17, 15) is 4.79 Å². The third-order valence-electron chi connectivity index (χ3n) is 3.86. The molecule has 1 atom stereocenters. The van der Waals surface area contributed by atoms with Gasteiger partial charge >= 0.3 is 0 Å². The van der Waals surface area contributed by atoms with Gasteiger partial charge in [-0.2, -0.15) is 10.1 Å². The minimum atomic E-state index is -0.515. The number of hydrogen-bond donors (Lipinski definition) is 2. The van der Waals surface area contributed by atoms with Gasteiger partial charge in [-0.15, -0.1) is 0 Å². The van der Waals surface area contributed by atoms with E-state index in [1.165, 1.54) is 6.33 Å². The molecule has 0 saturated carbocycles. The molecule has 24 heavy (non-hydrogen) atoms. The maximum Gasteiger partial charge on any atom is 0.248 e. The third kappa shape index (κ3) is 2.55. The molecule has 8 nitrogen and oxygen atoms in total. The van der Waals surface area contributed by atoms with E-state index in [1.54, 1.807) is 18.7 Å². The zero-order valence-electron chi connectivity index (χ0n) is 13.7. The van der Waals surface area contributed by atoms with Crippen molar-refractivity contribution >= 4 is 11.9 Å². The second kappa shape index (κ2) is 6.23. The van der Waals surface area contributed by atoms with E-state index in [1.807, 2.05) is 25.1 Å². The number of aromatic nitrogens is 3. The Hall–Kier alpha value is -3.03. The minimum absolute atomic E-state index is 0.430. The van der Waals surface area contributed by atoms with Crippen LogP contribution in [0.15, 0.2) is 35.8 Å². The molecule has 126 valence electrons. The third-order valence-corrected chi connectivity index (χ3v) is 3.86. The summed E-state index contributed by atoms with van der Waals surface area (Å²) >= 11 is 0. The van der Waals surface area contributed by atoms with Crippen LogP contribution in [0.4, 0.5) is 5.95 Å². The van der Waals surface area contributed by atoms with Crippen molar-refractivity contribution in [2.45, 2.75) is 19.9 Å². The summed E-state index contributed by atoms with van der Waals surface area (Å²) in [5.41, 5.74) is 7.49. The average Bonchev–Trinajstić information content (AvgIpc) is 3.01. The SMILES string of the molecule is CCOc1ccc([C@@H]2C(C(N)=O)=C(C)Nc3ncnn32)cc1OC. The van der Waals surface area contributed by atoms with Crippen LogP contribution in [0.25, 0.3) is 0 Å². The Kier molecular flexibility index (Phi) is 4.11. The van der Waals surface area contributed by atoms with Crippen LogP contribution < -0.4 is 20.5 Å². The number of nitrogens with zero attached hydrogens (tertiary/aromatic N) is 3. The molecule has 0 unspecified atom stereocenters. The Labute approximate surface area is 139 Å². The van der Waals surface area contributed by atoms with Crippen LogP contribution in [0, 0.1) is 0 Å². The predicted octanol–water partition coefficient (Wildman–Crippen LogP) is 1.46. The lowest BCUT2D eigenvalue weighted by molar-refractivity contribution is -0.115. The Morgan fingerprint density at radius 3 is 2.88 bits per heavy atom. The number of fused-ring (bicyclic) bond motifs is 1. The molecule has 2 aromatic rings. The Balaban J connectivity index is 2.14. The molecule has 1 aliphatic heterocycles. The van der Waals surface area contributed by atoms with E-state index in [-0.39, 0.29) is 0 Å². The first kappa shape index (κ1) is 15.9. The highest BCUT2D eigenvalue weighted by Crippen LogP contribution is 2.38. The fourth-order valence-corrected chi connectivity index (χ4v) is 2.85. The second-order valence-electron chi connectivity index (χ2n) is 5.30. The largest absolute Gasteiger partial charge is 0.493 e. The van der Waals surface area contributed by atoms with Crippen LogP contribution in [0.3, 0.4) is 0 Å². The van der Waals surface area contributed by atoms with Crippen molar-refractivity contribution in [3.8, 4) is 11.5 Å². The van der Waals surface area contributed by atoms with Crippen molar-refractivity contribution in [3.05, 3.63) is 41.4 Å². The average molecular weight is 329 g/mol. The topological polar surface area (TPSA) is 104 Å². The van der Waals surface area contributed by atoms with E-state index in [0.29, 0.717) is 35.3 Å². The normalized spacial score (nSPS) is 16.4. The lowest BCUT2D eigenvalue weighted by Crippen LogP contribution is -2.31. The van der Waals surface area contributed by atoms with E-state index in [2.05, 4.69) is 15.4 Å². The summed E-state index contributed by atoms with van der Waals surface area (Å²) in [6.45, 7) is 4.22. The number of benzene rings is 1. The molecule has 0 aliphatic carbocycles. The number of carbonyl (C=O) groups is 1. The number of nitrogens with two attached hydrogens (primary N) is 1. The molecule has 0 radical (unpaired) electrons. The van der Waals surface area contributed by atoms with Gasteiger partial charge in [0.25, 0.3) is 0 Å². The molecule has 1 amide bonds. The fraction of sp³-hybridized carbons (Fsp3) is 0.312. The van der Waals surface area contributed by atoms with E-state index in [4.69, 9.17) is 15.2 Å². The van der Waals surface area contributed by atoms with Crippen LogP contribution in [0.5, 0.6) is 11.5 Å². The van der Waals surface area contributed by atoms with Crippen LogP contribution >= 0.6 is 0 Å². The molecular weight excluding hydrogens is 310 g/mol. The van der Waals surface area contributed by atoms with Crippen LogP contribution in [-0.2, 0) is 4.79 Å². The number of allylic oxidation sites excluding steroid dienone is 1. The molecule has 1 aliphatic rings. The number of anilines is 1. The van der Waals surface area contributed by atoms with Crippen molar-refractivity contribution in [1.29, 1.82) is 0 Å². The summed E-state index contributed by atoms with van der Waals surface area (Å²) in [5, 5.41) is 7.27. The monoisotopic (exact) mass is 329 g/mol. The van der Waals surface area contributed by atoms with Crippen molar-refractivity contribution in [1.82, 2.24) is 14.8 Å². The molecule has 1 aromatic carbocycles. The number of amides is 1. The standard InChI is InChI=1S/C16H19N5O3/c1-4-24-11-6-5-10(7-12(11)23-3)14-13(15(17)22)9(2)20-16-18-8-19-21(14)16/h5-8,14H,4H2,1-3H3,(H2,17,22)(H,18,19,20)/t14-/m1/s1. The lowest BCUT2D eigenvalue weighted by Gasteiger charge is -2.28. The van der Waals surface area contributed by atoms with Gasteiger partial charge in [-0.3, -0.25) is 4.79 Å². The van der Waals surface area contributed by atoms with Gasteiger partial charge in [0.05, 0.1) is 19.3 Å². The maximum absolute atomic E-state index is 12.0. The predicted molar refractivity (Wildman–Crippen MR) is 87.8 cm³/mol. The van der Waals surface area contributed by atoms with Crippen molar-refractivity contribution in [2.24, 2.45) is 5.73 Å². The van der Waals surface area contributed by atoms with Gasteiger partial charge in [0.2, 0.25) is 11.9 Å². The fourth-order valence-electron chi connectivity index (χ4n) is 2.85. The Morgan fingerprint density at radius 2 is 2.21 bits per heavy atom. The quantitative estimate of drug-likeness (QED) is 0.860. The van der Waals surface area contributed by atoms with Crippen molar-refractivity contribution < 1.29 is 14.3 Å². The summed E-state index contributed by atoms with van der Waals surface area (Å²) in [6, 6.07) is 5.02. The highest BCUT2D eigenvalue weighted by molar-refractivity contribution is 5.95. The van der Waals surface area contributed by atoms with Gasteiger partial charge in [-0.05, 0) is 31.5 Å². The summed E-state index contributed by atoms with van der Waals surface area (Å²) in [7, 11) is 1.57. The second-order valence-corrected chi connectivity index (χ2v) is 5.30. The smallest absolute Gasteiger partial charge is 0.248 e. The number of nitrogens with one attached hydrogen (secondary N) is 1. The minimum Gasteiger partial charge on any atom is -0.493 e. The molecule has 0 fully saturated rings. The van der Waals surface area contributed by atoms with Crippen molar-refractivity contribution in [3.63, 3.8) is 0 Å². The number of primary amides is 1. The Morgan fingerprint density at radius 1 is 1.42 bits per heavy atom. The molecular formula is C16H19N5O3. The van der Waals surface area contributed by atoms with Crippen LogP contribution in [0.1, 0.15) is 25.5 Å². The summed E-state index contributed by atoms with van der Waals surface area (Å²) in [4.78, 5) is 16.2. The van der Waals surface area contributed by atoms with Gasteiger partial charge in [-0.25, -0.2) is 4.68 Å². The van der Waals surface area contributed by atoms with Gasteiger partial charge in [0, 0.05) is 5.70 Å². The Bertz CT molecular complexity index is 812. The highest BCUT2D eigenvalue weighted by atomic mass is 16.5. The zero-order chi connectivity index (χ0) is 17.3. The number of methoxy groups -OCH3 is 1. The lowest BCUT2D eigenvalue weighted by atomic mass is 9.95. The molecule has 0 saturated heterocycles. The summed E-state index contributed by atoms with van der Waals surface area (Å²) < 4.78 is 12.6. The molecule has 0 spiro atoms. The number of hydrogen-bond acceptors (Lipinski definition) is 6. The number of carbonyl (C=O) groups excluding carboxylic acids is 1. The number of rotatable bonds is 5. The molecule has 0 bridgehead atoms. The van der Waals surface area contributed by atoms with Crippen LogP contribution in [0.2, 0.25) is 0 Å². The highest BCUT2D eigenvalue weighted by Gasteiger charge is 2.32. The summed E-state index contributed by atoms with van der Waals surface area (Å²) in [5.74, 6) is 1.25.